The SMILES string of the molecule is Cc1cccc(S(=O)(=O)N2CCC[C@@](CO)(Cc3cccc(Cl)c3)C2)c1. The van der Waals surface area contributed by atoms with Gasteiger partial charge in [0.15, 0.2) is 0 Å². The Hall–Kier alpha value is -1.40. The Morgan fingerprint density at radius 2 is 1.96 bits per heavy atom. The third kappa shape index (κ3) is 4.12. The molecule has 0 aromatic heterocycles. The highest BCUT2D eigenvalue weighted by atomic mass is 35.5. The molecule has 3 rings (SSSR count). The van der Waals surface area contributed by atoms with Crippen LogP contribution in [0.1, 0.15) is 24.0 Å². The van der Waals surface area contributed by atoms with E-state index in [1.54, 1.807) is 18.2 Å². The van der Waals surface area contributed by atoms with Gasteiger partial charge in [-0.3, -0.25) is 0 Å². The minimum absolute atomic E-state index is 0.0562. The molecule has 140 valence electrons. The molecule has 6 heteroatoms. The summed E-state index contributed by atoms with van der Waals surface area (Å²) in [6, 6.07) is 14.5. The lowest BCUT2D eigenvalue weighted by molar-refractivity contribution is 0.0645. The van der Waals surface area contributed by atoms with Crippen LogP contribution in [0.5, 0.6) is 0 Å². The van der Waals surface area contributed by atoms with Crippen LogP contribution in [-0.4, -0.2) is 37.5 Å². The number of nitrogens with zero attached hydrogens (tertiary/aromatic N) is 1. The molecule has 1 saturated heterocycles. The van der Waals surface area contributed by atoms with Crippen molar-refractivity contribution in [2.45, 2.75) is 31.1 Å². The summed E-state index contributed by atoms with van der Waals surface area (Å²) in [5, 5.41) is 10.8. The normalized spacial score (nSPS) is 21.7. The Balaban J connectivity index is 1.87. The van der Waals surface area contributed by atoms with Gasteiger partial charge in [-0.2, -0.15) is 4.31 Å². The van der Waals surface area contributed by atoms with Crippen molar-refractivity contribution in [3.8, 4) is 0 Å². The summed E-state index contributed by atoms with van der Waals surface area (Å²) in [4.78, 5) is 0.314. The molecule has 0 unspecified atom stereocenters. The van der Waals surface area contributed by atoms with E-state index in [0.29, 0.717) is 29.4 Å². The maximum Gasteiger partial charge on any atom is 0.243 e. The molecule has 26 heavy (non-hydrogen) atoms. The smallest absolute Gasteiger partial charge is 0.243 e. The van der Waals surface area contributed by atoms with E-state index < -0.39 is 15.4 Å². The average molecular weight is 394 g/mol. The molecule has 1 atom stereocenters. The fourth-order valence-electron chi connectivity index (χ4n) is 3.70. The summed E-state index contributed by atoms with van der Waals surface area (Å²) in [5.41, 5.74) is 1.44. The summed E-state index contributed by atoms with van der Waals surface area (Å²) in [6.07, 6.45) is 2.12. The van der Waals surface area contributed by atoms with E-state index in [1.807, 2.05) is 37.3 Å². The molecular formula is C20H24ClNO3S. The van der Waals surface area contributed by atoms with E-state index in [4.69, 9.17) is 11.6 Å². The highest BCUT2D eigenvalue weighted by Crippen LogP contribution is 2.36. The van der Waals surface area contributed by atoms with Gasteiger partial charge in [0.2, 0.25) is 10.0 Å². The van der Waals surface area contributed by atoms with Crippen LogP contribution in [-0.2, 0) is 16.4 Å². The van der Waals surface area contributed by atoms with E-state index in [-0.39, 0.29) is 6.61 Å². The van der Waals surface area contributed by atoms with Crippen molar-refractivity contribution >= 4 is 21.6 Å². The van der Waals surface area contributed by atoms with Crippen molar-refractivity contribution in [1.82, 2.24) is 4.31 Å². The second-order valence-corrected chi connectivity index (χ2v) is 9.60. The average Bonchev–Trinajstić information content (AvgIpc) is 2.62. The van der Waals surface area contributed by atoms with Crippen LogP contribution < -0.4 is 0 Å². The highest BCUT2D eigenvalue weighted by Gasteiger charge is 2.39. The lowest BCUT2D eigenvalue weighted by Crippen LogP contribution is -2.48. The zero-order valence-corrected chi connectivity index (χ0v) is 16.4. The second kappa shape index (κ2) is 7.69. The minimum atomic E-state index is -3.57. The Morgan fingerprint density at radius 3 is 2.65 bits per heavy atom. The number of sulfonamides is 1. The van der Waals surface area contributed by atoms with E-state index in [1.165, 1.54) is 4.31 Å². The predicted molar refractivity (Wildman–Crippen MR) is 104 cm³/mol. The summed E-state index contributed by atoms with van der Waals surface area (Å²) >= 11 is 6.08. The first-order valence-corrected chi connectivity index (χ1v) is 10.6. The molecule has 0 spiro atoms. The standard InChI is InChI=1S/C20H24ClNO3S/c1-16-5-2-8-19(11-16)26(24,25)22-10-4-9-20(14-22,15-23)13-17-6-3-7-18(21)12-17/h2-3,5-8,11-12,23H,4,9-10,13-15H2,1H3/t20-/m1/s1. The van der Waals surface area contributed by atoms with Gasteiger partial charge in [-0.05, 0) is 61.6 Å². The second-order valence-electron chi connectivity index (χ2n) is 7.22. The molecule has 0 saturated carbocycles. The minimum Gasteiger partial charge on any atom is -0.396 e. The lowest BCUT2D eigenvalue weighted by atomic mass is 9.76. The van der Waals surface area contributed by atoms with Gasteiger partial charge in [-0.25, -0.2) is 8.42 Å². The van der Waals surface area contributed by atoms with Gasteiger partial charge in [0.05, 0.1) is 11.5 Å². The van der Waals surface area contributed by atoms with Crippen molar-refractivity contribution in [2.75, 3.05) is 19.7 Å². The van der Waals surface area contributed by atoms with Gasteiger partial charge in [0.1, 0.15) is 0 Å². The molecular weight excluding hydrogens is 370 g/mol. The van der Waals surface area contributed by atoms with E-state index in [0.717, 1.165) is 24.0 Å². The van der Waals surface area contributed by atoms with Crippen molar-refractivity contribution in [2.24, 2.45) is 5.41 Å². The molecule has 1 N–H and O–H groups in total. The molecule has 0 bridgehead atoms. The van der Waals surface area contributed by atoms with Crippen LogP contribution in [0.2, 0.25) is 5.02 Å². The van der Waals surface area contributed by atoms with Crippen LogP contribution in [0.25, 0.3) is 0 Å². The molecule has 1 aliphatic rings. The summed E-state index contributed by atoms with van der Waals surface area (Å²) in [5.74, 6) is 0. The molecule has 0 amide bonds. The Bertz CT molecular complexity index is 884. The van der Waals surface area contributed by atoms with Crippen LogP contribution in [0.3, 0.4) is 0 Å². The quantitative estimate of drug-likeness (QED) is 0.843. The van der Waals surface area contributed by atoms with Gasteiger partial charge >= 0.3 is 0 Å². The maximum absolute atomic E-state index is 13.1. The number of halogens is 1. The molecule has 1 heterocycles. The van der Waals surface area contributed by atoms with Crippen molar-refractivity contribution in [1.29, 1.82) is 0 Å². The zero-order chi connectivity index (χ0) is 18.8. The summed E-state index contributed by atoms with van der Waals surface area (Å²) in [6.45, 7) is 2.62. The third-order valence-corrected chi connectivity index (χ3v) is 7.13. The maximum atomic E-state index is 13.1. The number of hydrogen-bond acceptors (Lipinski definition) is 3. The van der Waals surface area contributed by atoms with Crippen LogP contribution in [0, 0.1) is 12.3 Å². The number of benzene rings is 2. The number of aliphatic hydroxyl groups excluding tert-OH is 1. The number of hydrogen-bond donors (Lipinski definition) is 1. The van der Waals surface area contributed by atoms with E-state index in [9.17, 15) is 13.5 Å². The van der Waals surface area contributed by atoms with Gasteiger partial charge < -0.3 is 5.11 Å². The fraction of sp³-hybridized carbons (Fsp3) is 0.400. The zero-order valence-electron chi connectivity index (χ0n) is 14.9. The Labute approximate surface area is 160 Å². The first-order chi connectivity index (χ1) is 12.3. The topological polar surface area (TPSA) is 57.6 Å². The van der Waals surface area contributed by atoms with E-state index >= 15 is 0 Å². The molecule has 4 nitrogen and oxygen atoms in total. The first-order valence-electron chi connectivity index (χ1n) is 8.77. The number of piperidine rings is 1. The summed E-state index contributed by atoms with van der Waals surface area (Å²) in [7, 11) is -3.57. The van der Waals surface area contributed by atoms with Crippen molar-refractivity contribution in [3.05, 3.63) is 64.7 Å². The number of aryl methyl sites for hydroxylation is 1. The van der Waals surface area contributed by atoms with Gasteiger partial charge in [-0.1, -0.05) is 35.9 Å². The van der Waals surface area contributed by atoms with Gasteiger partial charge in [0.25, 0.3) is 0 Å². The molecule has 0 radical (unpaired) electrons. The number of aliphatic hydroxyl groups is 1. The lowest BCUT2D eigenvalue weighted by Gasteiger charge is -2.41. The monoisotopic (exact) mass is 393 g/mol. The van der Waals surface area contributed by atoms with Gasteiger partial charge in [-0.15, -0.1) is 0 Å². The van der Waals surface area contributed by atoms with Crippen molar-refractivity contribution in [3.63, 3.8) is 0 Å². The van der Waals surface area contributed by atoms with Crippen molar-refractivity contribution < 1.29 is 13.5 Å². The predicted octanol–water partition coefficient (Wildman–Crippen LogP) is 3.65. The third-order valence-electron chi connectivity index (χ3n) is 5.06. The van der Waals surface area contributed by atoms with E-state index in [2.05, 4.69) is 0 Å². The molecule has 2 aromatic rings. The molecule has 1 fully saturated rings. The Kier molecular flexibility index (Phi) is 5.72. The summed E-state index contributed by atoms with van der Waals surface area (Å²) < 4.78 is 27.7. The highest BCUT2D eigenvalue weighted by molar-refractivity contribution is 7.89. The van der Waals surface area contributed by atoms with Crippen LogP contribution >= 0.6 is 11.6 Å². The number of rotatable bonds is 5. The Morgan fingerprint density at radius 1 is 1.19 bits per heavy atom. The van der Waals surface area contributed by atoms with Crippen LogP contribution in [0.15, 0.2) is 53.4 Å². The van der Waals surface area contributed by atoms with Crippen LogP contribution in [0.4, 0.5) is 0 Å². The molecule has 2 aromatic carbocycles. The fourth-order valence-corrected chi connectivity index (χ4v) is 5.61. The first kappa shape index (κ1) is 19.4. The molecule has 1 aliphatic heterocycles. The molecule has 0 aliphatic carbocycles. The van der Waals surface area contributed by atoms with Gasteiger partial charge in [0, 0.05) is 23.5 Å². The largest absolute Gasteiger partial charge is 0.396 e.